The fourth-order valence-corrected chi connectivity index (χ4v) is 4.22. The number of nitrogens with zero attached hydrogens (tertiary/aromatic N) is 2. The van der Waals surface area contributed by atoms with Crippen LogP contribution in [0.25, 0.3) is 0 Å². The molecule has 0 amide bonds. The predicted octanol–water partition coefficient (Wildman–Crippen LogP) is 2.19. The van der Waals surface area contributed by atoms with Gasteiger partial charge in [-0.15, -0.1) is 0 Å². The van der Waals surface area contributed by atoms with Gasteiger partial charge in [-0.05, 0) is 45.9 Å². The summed E-state index contributed by atoms with van der Waals surface area (Å²) in [5, 5.41) is 11.3. The van der Waals surface area contributed by atoms with Crippen LogP contribution in [-0.4, -0.2) is 24.2 Å². The summed E-state index contributed by atoms with van der Waals surface area (Å²) in [6, 6.07) is 3.62. The van der Waals surface area contributed by atoms with Gasteiger partial charge in [-0.1, -0.05) is 11.6 Å². The van der Waals surface area contributed by atoms with E-state index in [1.54, 1.807) is 33.8 Å². The maximum Gasteiger partial charge on any atom is 0.331 e. The van der Waals surface area contributed by atoms with Gasteiger partial charge in [0.2, 0.25) is 11.8 Å². The molecule has 0 saturated heterocycles. The first kappa shape index (κ1) is 21.7. The van der Waals surface area contributed by atoms with E-state index in [9.17, 15) is 24.3 Å². The van der Waals surface area contributed by atoms with Crippen molar-refractivity contribution in [2.75, 3.05) is 0 Å². The maximum absolute atomic E-state index is 13.4. The number of hydrogen-bond donors (Lipinski definition) is 3. The number of aromatic nitrogens is 4. The van der Waals surface area contributed by atoms with Crippen molar-refractivity contribution in [2.24, 2.45) is 0 Å². The molecule has 0 saturated carbocycles. The fraction of sp³-hybridized carbons (Fsp3) is 0.333. The fourth-order valence-electron chi connectivity index (χ4n) is 4.04. The van der Waals surface area contributed by atoms with Gasteiger partial charge in [0, 0.05) is 22.7 Å². The van der Waals surface area contributed by atoms with E-state index in [0.29, 0.717) is 10.6 Å². The lowest BCUT2D eigenvalue weighted by molar-refractivity contribution is 0.368. The molecule has 32 heavy (non-hydrogen) atoms. The number of H-pyrrole nitrogens is 2. The van der Waals surface area contributed by atoms with Crippen molar-refractivity contribution in [3.05, 3.63) is 81.6 Å². The first-order chi connectivity index (χ1) is 15.0. The molecule has 3 aromatic rings. The summed E-state index contributed by atoms with van der Waals surface area (Å²) in [4.78, 5) is 56.0. The Morgan fingerprint density at radius 3 is 2.22 bits per heavy atom. The molecule has 0 aliphatic carbocycles. The van der Waals surface area contributed by atoms with Crippen molar-refractivity contribution >= 4 is 11.6 Å². The minimum Gasteiger partial charge on any atom is -0.494 e. The van der Waals surface area contributed by atoms with Crippen LogP contribution in [0.5, 0.6) is 17.5 Å². The molecule has 2 aromatic heterocycles. The molecular weight excluding hydrogens is 440 g/mol. The van der Waals surface area contributed by atoms with Crippen LogP contribution in [0.15, 0.2) is 37.4 Å². The Morgan fingerprint density at radius 1 is 0.969 bits per heavy atom. The van der Waals surface area contributed by atoms with Crippen LogP contribution in [-0.2, 0) is 0 Å². The highest BCUT2D eigenvalue weighted by atomic mass is 35.5. The number of halogens is 1. The number of nitrogens with one attached hydrogen (secondary N) is 2. The molecule has 4 rings (SSSR count). The lowest BCUT2D eigenvalue weighted by atomic mass is 9.84. The highest BCUT2D eigenvalue weighted by molar-refractivity contribution is 6.30. The van der Waals surface area contributed by atoms with Crippen molar-refractivity contribution in [3.8, 4) is 17.5 Å². The van der Waals surface area contributed by atoms with Gasteiger partial charge in [-0.3, -0.25) is 28.7 Å². The Kier molecular flexibility index (Phi) is 5.12. The van der Waals surface area contributed by atoms with E-state index >= 15 is 0 Å². The van der Waals surface area contributed by atoms with Crippen LogP contribution < -0.4 is 27.2 Å². The Hall–Kier alpha value is -3.53. The highest BCUT2D eigenvalue weighted by Crippen LogP contribution is 2.46. The second-order valence-corrected chi connectivity index (χ2v) is 8.56. The Morgan fingerprint density at radius 2 is 1.59 bits per heavy atom. The number of fused-ring (bicyclic) bond motifs is 2. The van der Waals surface area contributed by atoms with E-state index in [1.165, 1.54) is 12.1 Å². The zero-order valence-corrected chi connectivity index (χ0v) is 18.5. The number of ether oxygens (including phenoxy) is 1. The molecule has 10 nitrogen and oxygen atoms in total. The average Bonchev–Trinajstić information content (AvgIpc) is 2.66. The molecule has 0 spiro atoms. The van der Waals surface area contributed by atoms with Crippen LogP contribution in [0.4, 0.5) is 0 Å². The second kappa shape index (κ2) is 7.56. The van der Waals surface area contributed by atoms with Gasteiger partial charge >= 0.3 is 11.4 Å². The summed E-state index contributed by atoms with van der Waals surface area (Å²) >= 11 is 6.19. The number of aromatic hydroxyl groups is 1. The monoisotopic (exact) mass is 460 g/mol. The summed E-state index contributed by atoms with van der Waals surface area (Å²) in [6.45, 7) is 6.65. The zero-order valence-electron chi connectivity index (χ0n) is 17.7. The summed E-state index contributed by atoms with van der Waals surface area (Å²) < 4.78 is 7.78. The van der Waals surface area contributed by atoms with Crippen LogP contribution in [0, 0.1) is 0 Å². The second-order valence-electron chi connectivity index (χ2n) is 8.12. The average molecular weight is 461 g/mol. The first-order valence-electron chi connectivity index (χ1n) is 9.96. The molecule has 3 heterocycles. The molecule has 168 valence electrons. The zero-order chi connectivity index (χ0) is 23.5. The Labute approximate surface area is 185 Å². The van der Waals surface area contributed by atoms with Crippen molar-refractivity contribution < 1.29 is 9.84 Å². The first-order valence-corrected chi connectivity index (χ1v) is 10.3. The van der Waals surface area contributed by atoms with Crippen LogP contribution in [0.1, 0.15) is 62.4 Å². The Balaban J connectivity index is 2.19. The molecule has 1 aliphatic rings. The van der Waals surface area contributed by atoms with E-state index in [4.69, 9.17) is 16.3 Å². The third-order valence-electron chi connectivity index (χ3n) is 5.39. The molecule has 1 aromatic carbocycles. The molecule has 11 heteroatoms. The van der Waals surface area contributed by atoms with Gasteiger partial charge in [-0.2, -0.15) is 0 Å². The highest BCUT2D eigenvalue weighted by Gasteiger charge is 2.38. The molecule has 0 bridgehead atoms. The third-order valence-corrected chi connectivity index (χ3v) is 5.63. The molecule has 1 atom stereocenters. The summed E-state index contributed by atoms with van der Waals surface area (Å²) in [5.41, 5.74) is -2.96. The van der Waals surface area contributed by atoms with Gasteiger partial charge in [0.1, 0.15) is 5.75 Å². The normalized spacial score (nSPS) is 14.9. The maximum atomic E-state index is 13.4. The molecule has 3 N–H and O–H groups in total. The summed E-state index contributed by atoms with van der Waals surface area (Å²) in [7, 11) is 0. The van der Waals surface area contributed by atoms with Gasteiger partial charge in [0.05, 0.1) is 17.0 Å². The van der Waals surface area contributed by atoms with E-state index in [-0.39, 0.29) is 22.8 Å². The quantitative estimate of drug-likeness (QED) is 0.428. The number of aromatic amines is 2. The van der Waals surface area contributed by atoms with Crippen molar-refractivity contribution in [3.63, 3.8) is 0 Å². The SMILES string of the molecule is CC(C)n1c(O)c(C2c3cc(Cl)ccc3Oc3[nH]c(=O)n(C(C)C)c(=O)c32)c(=O)[nH]c1=O. The topological polar surface area (TPSA) is 139 Å². The van der Waals surface area contributed by atoms with E-state index in [2.05, 4.69) is 9.97 Å². The minimum absolute atomic E-state index is 0.0529. The molecule has 1 unspecified atom stereocenters. The number of hydrogen-bond acceptors (Lipinski definition) is 6. The molecular formula is C21H21ClN4O6. The lowest BCUT2D eigenvalue weighted by Gasteiger charge is -2.29. The lowest BCUT2D eigenvalue weighted by Crippen LogP contribution is -2.42. The molecule has 0 radical (unpaired) electrons. The minimum atomic E-state index is -1.16. The van der Waals surface area contributed by atoms with Gasteiger partial charge in [0.15, 0.2) is 0 Å². The predicted molar refractivity (Wildman–Crippen MR) is 118 cm³/mol. The number of benzene rings is 1. The summed E-state index contributed by atoms with van der Waals surface area (Å²) in [5.74, 6) is -1.64. The van der Waals surface area contributed by atoms with Gasteiger partial charge in [-0.25, -0.2) is 9.59 Å². The van der Waals surface area contributed by atoms with Crippen LogP contribution >= 0.6 is 11.6 Å². The summed E-state index contributed by atoms with van der Waals surface area (Å²) in [6.07, 6.45) is 0. The van der Waals surface area contributed by atoms with Crippen molar-refractivity contribution in [1.82, 2.24) is 19.1 Å². The number of rotatable bonds is 3. The Bertz CT molecular complexity index is 1480. The van der Waals surface area contributed by atoms with Crippen molar-refractivity contribution in [2.45, 2.75) is 45.7 Å². The van der Waals surface area contributed by atoms with Gasteiger partial charge in [0.25, 0.3) is 11.1 Å². The largest absolute Gasteiger partial charge is 0.494 e. The van der Waals surface area contributed by atoms with Gasteiger partial charge < -0.3 is 9.84 Å². The van der Waals surface area contributed by atoms with Crippen LogP contribution in [0.2, 0.25) is 5.02 Å². The van der Waals surface area contributed by atoms with Crippen molar-refractivity contribution in [1.29, 1.82) is 0 Å². The molecule has 0 fully saturated rings. The van der Waals surface area contributed by atoms with E-state index in [1.807, 2.05) is 0 Å². The van der Waals surface area contributed by atoms with E-state index in [0.717, 1.165) is 9.13 Å². The molecule has 1 aliphatic heterocycles. The third kappa shape index (κ3) is 3.18. The van der Waals surface area contributed by atoms with Crippen LogP contribution in [0.3, 0.4) is 0 Å². The standard InChI is InChI=1S/C21H21ClN4O6/c1-8(2)25-18(28)14(16(27)23-20(25)30)13-11-7-10(22)5-6-12(11)32-17-15(13)19(29)26(9(3)4)21(31)24-17/h5-9,13,28H,1-4H3,(H,24,31)(H,23,27,30). The smallest absolute Gasteiger partial charge is 0.331 e. The van der Waals surface area contributed by atoms with E-state index < -0.39 is 46.4 Å².